The maximum atomic E-state index is 12.2. The summed E-state index contributed by atoms with van der Waals surface area (Å²) in [5.41, 5.74) is 1.81. The highest BCUT2D eigenvalue weighted by Gasteiger charge is 2.14. The van der Waals surface area contributed by atoms with Crippen LogP contribution < -0.4 is 10.2 Å². The minimum absolute atomic E-state index is 0.0220. The van der Waals surface area contributed by atoms with E-state index in [9.17, 15) is 4.79 Å². The lowest BCUT2D eigenvalue weighted by Gasteiger charge is -2.17. The number of hydrogen-bond donors (Lipinski definition) is 2. The summed E-state index contributed by atoms with van der Waals surface area (Å²) < 4.78 is 0. The van der Waals surface area contributed by atoms with Crippen LogP contribution in [0, 0.1) is 6.92 Å². The number of carbonyl (C=O) groups excluding carboxylic acids is 1. The first-order chi connectivity index (χ1) is 10.1. The molecule has 0 fully saturated rings. The van der Waals surface area contributed by atoms with Crippen molar-refractivity contribution in [3.63, 3.8) is 0 Å². The second kappa shape index (κ2) is 7.59. The van der Waals surface area contributed by atoms with Gasteiger partial charge in [-0.2, -0.15) is 0 Å². The number of halogens is 1. The molecule has 112 valence electrons. The molecule has 5 heteroatoms. The fourth-order valence-corrected chi connectivity index (χ4v) is 3.07. The normalized spacial score (nSPS) is 12.1. The van der Waals surface area contributed by atoms with E-state index in [0.717, 1.165) is 24.3 Å². The lowest BCUT2D eigenvalue weighted by atomic mass is 10.2. The Balaban J connectivity index is 1.95. The summed E-state index contributed by atoms with van der Waals surface area (Å²) in [5, 5.41) is 5.66. The molecule has 0 spiro atoms. The molecule has 1 aromatic carbocycles. The first kappa shape index (κ1) is 16.0. The molecule has 1 amide bonds. The fourth-order valence-electron chi connectivity index (χ4n) is 2.12. The Hall–Kier alpha value is -1.36. The second-order valence-corrected chi connectivity index (χ2v) is 6.51. The number of hydrogen-bond acceptors (Lipinski definition) is 2. The van der Waals surface area contributed by atoms with Crippen LogP contribution >= 0.6 is 22.9 Å². The number of nitrogens with one attached hydrogen (secondary N) is 2. The number of aryl methyl sites for hydroxylation is 1. The number of thiophene rings is 1. The molecule has 2 aromatic rings. The number of quaternary nitrogens is 1. The summed E-state index contributed by atoms with van der Waals surface area (Å²) in [6.45, 7) is 6.32. The molecular weight excluding hydrogens is 304 g/mol. The lowest BCUT2D eigenvalue weighted by molar-refractivity contribution is -0.903. The first-order valence-electron chi connectivity index (χ1n) is 7.00. The standard InChI is InChI=1S/C16H19ClN2OS/c1-3-19(10-14-5-4-8-21-14)11-16(20)18-15-9-13(17)7-6-12(15)2/h4-9H,3,10-11H2,1-2H3,(H,18,20)/p+1. The van der Waals surface area contributed by atoms with Gasteiger partial charge in [-0.05, 0) is 43.0 Å². The third-order valence-corrected chi connectivity index (χ3v) is 4.50. The van der Waals surface area contributed by atoms with Crippen molar-refractivity contribution in [2.45, 2.75) is 20.4 Å². The minimum atomic E-state index is 0.0220. The third kappa shape index (κ3) is 4.84. The zero-order chi connectivity index (χ0) is 15.2. The summed E-state index contributed by atoms with van der Waals surface area (Å²) in [5.74, 6) is 0.0220. The van der Waals surface area contributed by atoms with E-state index >= 15 is 0 Å². The number of likely N-dealkylation sites (N-methyl/N-ethyl adjacent to an activating group) is 1. The fraction of sp³-hybridized carbons (Fsp3) is 0.312. The van der Waals surface area contributed by atoms with E-state index in [1.807, 2.05) is 25.1 Å². The van der Waals surface area contributed by atoms with Crippen molar-refractivity contribution in [1.82, 2.24) is 0 Å². The quantitative estimate of drug-likeness (QED) is 0.842. The number of anilines is 1. The summed E-state index contributed by atoms with van der Waals surface area (Å²) >= 11 is 7.71. The van der Waals surface area contributed by atoms with E-state index < -0.39 is 0 Å². The summed E-state index contributed by atoms with van der Waals surface area (Å²) in [7, 11) is 0. The zero-order valence-electron chi connectivity index (χ0n) is 12.3. The summed E-state index contributed by atoms with van der Waals surface area (Å²) in [6, 6.07) is 9.68. The molecule has 2 N–H and O–H groups in total. The Bertz CT molecular complexity index is 598. The molecule has 0 saturated carbocycles. The highest BCUT2D eigenvalue weighted by atomic mass is 35.5. The van der Waals surface area contributed by atoms with Crippen molar-refractivity contribution < 1.29 is 9.69 Å². The van der Waals surface area contributed by atoms with Crippen LogP contribution in [0.25, 0.3) is 0 Å². The monoisotopic (exact) mass is 323 g/mol. The Morgan fingerprint density at radius 1 is 1.38 bits per heavy atom. The first-order valence-corrected chi connectivity index (χ1v) is 8.26. The predicted octanol–water partition coefficient (Wildman–Crippen LogP) is 2.75. The van der Waals surface area contributed by atoms with Crippen LogP contribution in [0.4, 0.5) is 5.69 Å². The van der Waals surface area contributed by atoms with Crippen LogP contribution in [-0.2, 0) is 11.3 Å². The molecule has 0 radical (unpaired) electrons. The van der Waals surface area contributed by atoms with Gasteiger partial charge < -0.3 is 10.2 Å². The van der Waals surface area contributed by atoms with Crippen molar-refractivity contribution >= 4 is 34.5 Å². The molecule has 0 aliphatic carbocycles. The minimum Gasteiger partial charge on any atom is -0.323 e. The largest absolute Gasteiger partial charge is 0.323 e. The molecule has 3 nitrogen and oxygen atoms in total. The van der Waals surface area contributed by atoms with Gasteiger partial charge in [0.2, 0.25) is 0 Å². The molecule has 1 atom stereocenters. The molecule has 2 rings (SSSR count). The van der Waals surface area contributed by atoms with Gasteiger partial charge >= 0.3 is 0 Å². The molecule has 1 heterocycles. The van der Waals surface area contributed by atoms with Crippen LogP contribution in [0.1, 0.15) is 17.4 Å². The van der Waals surface area contributed by atoms with Gasteiger partial charge in [0.05, 0.1) is 11.4 Å². The van der Waals surface area contributed by atoms with E-state index in [0.29, 0.717) is 11.6 Å². The van der Waals surface area contributed by atoms with E-state index in [4.69, 9.17) is 11.6 Å². The van der Waals surface area contributed by atoms with Crippen LogP contribution in [-0.4, -0.2) is 19.0 Å². The Kier molecular flexibility index (Phi) is 5.79. The molecule has 21 heavy (non-hydrogen) atoms. The van der Waals surface area contributed by atoms with Gasteiger partial charge in [0.25, 0.3) is 5.91 Å². The van der Waals surface area contributed by atoms with Crippen LogP contribution in [0.3, 0.4) is 0 Å². The van der Waals surface area contributed by atoms with Gasteiger partial charge in [0.1, 0.15) is 6.54 Å². The van der Waals surface area contributed by atoms with E-state index in [1.165, 1.54) is 9.78 Å². The van der Waals surface area contributed by atoms with Gasteiger partial charge in [-0.3, -0.25) is 4.79 Å². The van der Waals surface area contributed by atoms with Crippen molar-refractivity contribution in [3.8, 4) is 0 Å². The average molecular weight is 324 g/mol. The van der Waals surface area contributed by atoms with Gasteiger partial charge in [-0.15, -0.1) is 11.3 Å². The smallest absolute Gasteiger partial charge is 0.279 e. The molecule has 0 aliphatic heterocycles. The Morgan fingerprint density at radius 2 is 2.19 bits per heavy atom. The van der Waals surface area contributed by atoms with Gasteiger partial charge in [-0.25, -0.2) is 0 Å². The highest BCUT2D eigenvalue weighted by Crippen LogP contribution is 2.19. The molecule has 0 bridgehead atoms. The van der Waals surface area contributed by atoms with E-state index in [1.54, 1.807) is 17.4 Å². The van der Waals surface area contributed by atoms with Crippen LogP contribution in [0.15, 0.2) is 35.7 Å². The van der Waals surface area contributed by atoms with Gasteiger partial charge in [-0.1, -0.05) is 23.7 Å². The lowest BCUT2D eigenvalue weighted by Crippen LogP contribution is -3.11. The second-order valence-electron chi connectivity index (χ2n) is 5.04. The van der Waals surface area contributed by atoms with E-state index in [-0.39, 0.29) is 5.91 Å². The van der Waals surface area contributed by atoms with Crippen molar-refractivity contribution in [2.75, 3.05) is 18.4 Å². The highest BCUT2D eigenvalue weighted by molar-refractivity contribution is 7.09. The summed E-state index contributed by atoms with van der Waals surface area (Å²) in [6.07, 6.45) is 0. The average Bonchev–Trinajstić information content (AvgIpc) is 2.95. The Labute approximate surface area is 134 Å². The number of amides is 1. The van der Waals surface area contributed by atoms with Gasteiger partial charge in [0, 0.05) is 10.7 Å². The van der Waals surface area contributed by atoms with Crippen LogP contribution in [0.5, 0.6) is 0 Å². The zero-order valence-corrected chi connectivity index (χ0v) is 13.9. The van der Waals surface area contributed by atoms with E-state index in [2.05, 4.69) is 23.7 Å². The van der Waals surface area contributed by atoms with Crippen molar-refractivity contribution in [1.29, 1.82) is 0 Å². The number of rotatable bonds is 6. The molecular formula is C16H20ClN2OS+. The van der Waals surface area contributed by atoms with Crippen molar-refractivity contribution in [3.05, 3.63) is 51.2 Å². The third-order valence-electron chi connectivity index (χ3n) is 3.39. The molecule has 0 saturated heterocycles. The Morgan fingerprint density at radius 3 is 2.86 bits per heavy atom. The molecule has 1 unspecified atom stereocenters. The SMILES string of the molecule is CC[NH+](CC(=O)Nc1cc(Cl)ccc1C)Cc1cccs1. The maximum Gasteiger partial charge on any atom is 0.279 e. The van der Waals surface area contributed by atoms with Crippen LogP contribution in [0.2, 0.25) is 5.02 Å². The maximum absolute atomic E-state index is 12.2. The number of benzene rings is 1. The number of carbonyl (C=O) groups is 1. The molecule has 0 aliphatic rings. The molecule has 1 aromatic heterocycles. The van der Waals surface area contributed by atoms with Gasteiger partial charge in [0.15, 0.2) is 6.54 Å². The predicted molar refractivity (Wildman–Crippen MR) is 89.2 cm³/mol. The summed E-state index contributed by atoms with van der Waals surface area (Å²) in [4.78, 5) is 14.8. The topological polar surface area (TPSA) is 33.5 Å². The van der Waals surface area contributed by atoms with Crippen molar-refractivity contribution in [2.24, 2.45) is 0 Å².